The molecule has 0 spiro atoms. The number of rotatable bonds is 10. The molecule has 0 saturated carbocycles. The van der Waals surface area contributed by atoms with E-state index in [4.69, 9.17) is 0 Å². The summed E-state index contributed by atoms with van der Waals surface area (Å²) in [6, 6.07) is 0.885. The van der Waals surface area contributed by atoms with E-state index in [0.29, 0.717) is 0 Å². The van der Waals surface area contributed by atoms with Crippen molar-refractivity contribution in [1.29, 1.82) is 0 Å². The first-order valence-corrected chi connectivity index (χ1v) is 9.07. The van der Waals surface area contributed by atoms with Gasteiger partial charge in [-0.25, -0.2) is 0 Å². The Bertz CT molecular complexity index is 238. The summed E-state index contributed by atoms with van der Waals surface area (Å²) >= 11 is 0. The highest BCUT2D eigenvalue weighted by molar-refractivity contribution is 4.85. The molecule has 2 rings (SSSR count). The monoisotopic (exact) mass is 281 g/mol. The van der Waals surface area contributed by atoms with Crippen LogP contribution in [-0.4, -0.2) is 61.7 Å². The predicted octanol–water partition coefficient (Wildman–Crippen LogP) is 2.72. The minimum Gasteiger partial charge on any atom is -0.317 e. The molecule has 2 aliphatic heterocycles. The van der Waals surface area contributed by atoms with Crippen LogP contribution in [0.25, 0.3) is 0 Å². The molecule has 2 saturated heterocycles. The van der Waals surface area contributed by atoms with E-state index in [1.54, 1.807) is 0 Å². The van der Waals surface area contributed by atoms with Crippen LogP contribution in [0.5, 0.6) is 0 Å². The molecule has 2 aliphatic rings. The SMILES string of the molecule is CCCNCCCCCCN1CCC(N2CCCC2)C1. The second kappa shape index (κ2) is 9.75. The van der Waals surface area contributed by atoms with Crippen LogP contribution in [0, 0.1) is 0 Å². The van der Waals surface area contributed by atoms with Gasteiger partial charge in [-0.15, -0.1) is 0 Å². The Morgan fingerprint density at radius 1 is 0.950 bits per heavy atom. The van der Waals surface area contributed by atoms with Gasteiger partial charge in [-0.2, -0.15) is 0 Å². The topological polar surface area (TPSA) is 18.5 Å². The first-order valence-electron chi connectivity index (χ1n) is 9.07. The van der Waals surface area contributed by atoms with E-state index in [-0.39, 0.29) is 0 Å². The molecule has 2 fully saturated rings. The van der Waals surface area contributed by atoms with Gasteiger partial charge in [-0.05, 0) is 77.8 Å². The highest BCUT2D eigenvalue weighted by Gasteiger charge is 2.28. The Kier molecular flexibility index (Phi) is 7.92. The molecule has 0 aromatic carbocycles. The lowest BCUT2D eigenvalue weighted by Crippen LogP contribution is -2.35. The lowest BCUT2D eigenvalue weighted by atomic mass is 10.2. The van der Waals surface area contributed by atoms with Crippen LogP contribution in [0.1, 0.15) is 58.3 Å². The van der Waals surface area contributed by atoms with Gasteiger partial charge in [-0.3, -0.25) is 4.90 Å². The Morgan fingerprint density at radius 3 is 2.55 bits per heavy atom. The van der Waals surface area contributed by atoms with Gasteiger partial charge < -0.3 is 10.2 Å². The molecule has 3 nitrogen and oxygen atoms in total. The smallest absolute Gasteiger partial charge is 0.0235 e. The largest absolute Gasteiger partial charge is 0.317 e. The van der Waals surface area contributed by atoms with Crippen LogP contribution in [-0.2, 0) is 0 Å². The van der Waals surface area contributed by atoms with Crippen molar-refractivity contribution in [2.45, 2.75) is 64.3 Å². The fourth-order valence-electron chi connectivity index (χ4n) is 3.66. The van der Waals surface area contributed by atoms with Crippen molar-refractivity contribution >= 4 is 0 Å². The zero-order chi connectivity index (χ0) is 14.0. The lowest BCUT2D eigenvalue weighted by molar-refractivity contribution is 0.231. The molecule has 1 unspecified atom stereocenters. The summed E-state index contributed by atoms with van der Waals surface area (Å²) < 4.78 is 0. The van der Waals surface area contributed by atoms with Crippen molar-refractivity contribution in [2.75, 3.05) is 45.8 Å². The number of likely N-dealkylation sites (tertiary alicyclic amines) is 2. The highest BCUT2D eigenvalue weighted by Crippen LogP contribution is 2.20. The van der Waals surface area contributed by atoms with E-state index in [1.165, 1.54) is 97.2 Å². The summed E-state index contributed by atoms with van der Waals surface area (Å²) in [5.41, 5.74) is 0. The summed E-state index contributed by atoms with van der Waals surface area (Å²) in [5.74, 6) is 0. The fourth-order valence-corrected chi connectivity index (χ4v) is 3.66. The van der Waals surface area contributed by atoms with Crippen molar-refractivity contribution in [1.82, 2.24) is 15.1 Å². The van der Waals surface area contributed by atoms with Gasteiger partial charge >= 0.3 is 0 Å². The van der Waals surface area contributed by atoms with Gasteiger partial charge in [0.05, 0.1) is 0 Å². The summed E-state index contributed by atoms with van der Waals surface area (Å²) in [6.07, 6.45) is 11.1. The van der Waals surface area contributed by atoms with Crippen molar-refractivity contribution in [3.63, 3.8) is 0 Å². The zero-order valence-electron chi connectivity index (χ0n) is 13.6. The molecule has 20 heavy (non-hydrogen) atoms. The van der Waals surface area contributed by atoms with Crippen molar-refractivity contribution in [3.05, 3.63) is 0 Å². The quantitative estimate of drug-likeness (QED) is 0.621. The Balaban J connectivity index is 1.43. The molecular formula is C17H35N3. The highest BCUT2D eigenvalue weighted by atomic mass is 15.3. The van der Waals surface area contributed by atoms with E-state index in [1.807, 2.05) is 0 Å². The molecule has 2 heterocycles. The average Bonchev–Trinajstić information content (AvgIpc) is 3.12. The van der Waals surface area contributed by atoms with Crippen LogP contribution in [0.2, 0.25) is 0 Å². The van der Waals surface area contributed by atoms with E-state index in [9.17, 15) is 0 Å². The first-order chi connectivity index (χ1) is 9.90. The lowest BCUT2D eigenvalue weighted by Gasteiger charge is -2.23. The van der Waals surface area contributed by atoms with Gasteiger partial charge in [0.1, 0.15) is 0 Å². The number of hydrogen-bond donors (Lipinski definition) is 1. The van der Waals surface area contributed by atoms with E-state index in [2.05, 4.69) is 22.0 Å². The molecule has 3 heteroatoms. The summed E-state index contributed by atoms with van der Waals surface area (Å²) in [6.45, 7) is 11.4. The second-order valence-electron chi connectivity index (χ2n) is 6.65. The van der Waals surface area contributed by atoms with Crippen LogP contribution in [0.3, 0.4) is 0 Å². The van der Waals surface area contributed by atoms with Crippen LogP contribution in [0.15, 0.2) is 0 Å². The third-order valence-corrected chi connectivity index (χ3v) is 4.91. The molecule has 0 amide bonds. The van der Waals surface area contributed by atoms with Gasteiger partial charge in [0.25, 0.3) is 0 Å². The summed E-state index contributed by atoms with van der Waals surface area (Å²) in [7, 11) is 0. The molecule has 118 valence electrons. The van der Waals surface area contributed by atoms with Crippen molar-refractivity contribution in [2.24, 2.45) is 0 Å². The Morgan fingerprint density at radius 2 is 1.75 bits per heavy atom. The summed E-state index contributed by atoms with van der Waals surface area (Å²) in [4.78, 5) is 5.44. The number of nitrogens with one attached hydrogen (secondary N) is 1. The van der Waals surface area contributed by atoms with Gasteiger partial charge in [0.15, 0.2) is 0 Å². The molecule has 1 N–H and O–H groups in total. The van der Waals surface area contributed by atoms with Crippen molar-refractivity contribution < 1.29 is 0 Å². The van der Waals surface area contributed by atoms with Crippen LogP contribution >= 0.6 is 0 Å². The van der Waals surface area contributed by atoms with Crippen LogP contribution < -0.4 is 5.32 Å². The maximum Gasteiger partial charge on any atom is 0.0235 e. The number of nitrogens with zero attached hydrogens (tertiary/aromatic N) is 2. The maximum absolute atomic E-state index is 3.49. The number of unbranched alkanes of at least 4 members (excludes halogenated alkanes) is 3. The minimum atomic E-state index is 0.885. The van der Waals surface area contributed by atoms with Gasteiger partial charge in [0.2, 0.25) is 0 Å². The molecule has 0 aromatic heterocycles. The van der Waals surface area contributed by atoms with Gasteiger partial charge in [0, 0.05) is 12.6 Å². The average molecular weight is 281 g/mol. The Hall–Kier alpha value is -0.120. The number of hydrogen-bond acceptors (Lipinski definition) is 3. The zero-order valence-corrected chi connectivity index (χ0v) is 13.6. The molecule has 0 radical (unpaired) electrons. The Labute approximate surface area is 126 Å². The minimum absolute atomic E-state index is 0.885. The van der Waals surface area contributed by atoms with Gasteiger partial charge in [-0.1, -0.05) is 19.8 Å². The molecule has 0 aliphatic carbocycles. The molecule has 0 bridgehead atoms. The van der Waals surface area contributed by atoms with Crippen molar-refractivity contribution in [3.8, 4) is 0 Å². The molecule has 1 atom stereocenters. The standard InChI is InChI=1S/C17H35N3/c1-2-10-18-11-5-3-4-6-12-19-15-9-17(16-19)20-13-7-8-14-20/h17-18H,2-16H2,1H3. The summed E-state index contributed by atoms with van der Waals surface area (Å²) in [5, 5.41) is 3.49. The van der Waals surface area contributed by atoms with E-state index < -0.39 is 0 Å². The van der Waals surface area contributed by atoms with E-state index >= 15 is 0 Å². The van der Waals surface area contributed by atoms with E-state index in [0.717, 1.165) is 6.04 Å². The molecule has 0 aromatic rings. The third kappa shape index (κ3) is 5.71. The molecular weight excluding hydrogens is 246 g/mol. The fraction of sp³-hybridized carbons (Fsp3) is 1.00. The van der Waals surface area contributed by atoms with Crippen LogP contribution in [0.4, 0.5) is 0 Å². The maximum atomic E-state index is 3.49. The second-order valence-corrected chi connectivity index (χ2v) is 6.65. The third-order valence-electron chi connectivity index (χ3n) is 4.91. The first kappa shape index (κ1) is 16.3. The predicted molar refractivity (Wildman–Crippen MR) is 87.3 cm³/mol. The normalized spacial score (nSPS) is 24.8.